The van der Waals surface area contributed by atoms with Crippen molar-refractivity contribution in [3.8, 4) is 23.3 Å². The van der Waals surface area contributed by atoms with Crippen molar-refractivity contribution >= 4 is 12.1 Å². The number of ether oxygens (including phenoxy) is 3. The van der Waals surface area contributed by atoms with Gasteiger partial charge in [-0.25, -0.2) is 5.43 Å². The fourth-order valence-corrected chi connectivity index (χ4v) is 2.75. The molecule has 3 aromatic carbocycles. The largest absolute Gasteiger partial charge is 0.493 e. The van der Waals surface area contributed by atoms with Crippen LogP contribution in [0, 0.1) is 11.3 Å². The summed E-state index contributed by atoms with van der Waals surface area (Å²) in [4.78, 5) is 12.2. The smallest absolute Gasteiger partial charge is 0.280 e. The van der Waals surface area contributed by atoms with E-state index in [1.165, 1.54) is 6.21 Å². The molecule has 32 heavy (non-hydrogen) atoms. The number of carbonyl (C=O) groups excluding carboxylic acids is 1. The van der Waals surface area contributed by atoms with Gasteiger partial charge in [0.25, 0.3) is 5.91 Å². The van der Waals surface area contributed by atoms with Gasteiger partial charge in [-0.05, 0) is 60.5 Å². The summed E-state index contributed by atoms with van der Waals surface area (Å²) in [6.45, 7) is 2.02. The standard InChI is InChI=1S/C25H23N3O4/c1-18(32-22-11-8-19(15-26)9-12-22)25(29)28-27-16-21-10-13-23(30-2)24(14-21)31-17-20-6-4-3-5-7-20/h3-14,16,18H,17H2,1-2H3,(H,28,29)/b27-16+. The molecule has 0 heterocycles. The zero-order valence-corrected chi connectivity index (χ0v) is 17.8. The number of nitriles is 1. The summed E-state index contributed by atoms with van der Waals surface area (Å²) in [5.74, 6) is 1.27. The average Bonchev–Trinajstić information content (AvgIpc) is 2.83. The van der Waals surface area contributed by atoms with Crippen molar-refractivity contribution in [2.45, 2.75) is 19.6 Å². The molecule has 3 rings (SSSR count). The van der Waals surface area contributed by atoms with Crippen LogP contribution in [-0.2, 0) is 11.4 Å². The Morgan fingerprint density at radius 1 is 1.09 bits per heavy atom. The number of hydrogen-bond donors (Lipinski definition) is 1. The van der Waals surface area contributed by atoms with Crippen LogP contribution >= 0.6 is 0 Å². The molecule has 1 unspecified atom stereocenters. The summed E-state index contributed by atoms with van der Waals surface area (Å²) >= 11 is 0. The lowest BCUT2D eigenvalue weighted by molar-refractivity contribution is -0.127. The molecule has 0 aromatic heterocycles. The Balaban J connectivity index is 1.57. The van der Waals surface area contributed by atoms with Gasteiger partial charge in [0.05, 0.1) is 25.0 Å². The second kappa shape index (κ2) is 11.2. The first-order valence-corrected chi connectivity index (χ1v) is 9.93. The fraction of sp³-hybridized carbons (Fsp3) is 0.160. The van der Waals surface area contributed by atoms with E-state index in [1.807, 2.05) is 36.4 Å². The Morgan fingerprint density at radius 3 is 2.53 bits per heavy atom. The van der Waals surface area contributed by atoms with Gasteiger partial charge in [0, 0.05) is 0 Å². The van der Waals surface area contributed by atoms with Crippen LogP contribution in [0.4, 0.5) is 0 Å². The zero-order chi connectivity index (χ0) is 22.8. The third kappa shape index (κ3) is 6.34. The van der Waals surface area contributed by atoms with E-state index < -0.39 is 12.0 Å². The number of hydrazone groups is 1. The summed E-state index contributed by atoms with van der Waals surface area (Å²) in [5, 5.41) is 12.8. The normalized spacial score (nSPS) is 11.4. The predicted molar refractivity (Wildman–Crippen MR) is 121 cm³/mol. The fourth-order valence-electron chi connectivity index (χ4n) is 2.75. The average molecular weight is 429 g/mol. The number of nitrogens with zero attached hydrogens (tertiary/aromatic N) is 2. The minimum absolute atomic E-state index is 0.402. The topological polar surface area (TPSA) is 92.9 Å². The molecular weight excluding hydrogens is 406 g/mol. The summed E-state index contributed by atoms with van der Waals surface area (Å²) in [7, 11) is 1.58. The number of methoxy groups -OCH3 is 1. The molecular formula is C25H23N3O4. The quantitative estimate of drug-likeness (QED) is 0.409. The van der Waals surface area contributed by atoms with Crippen LogP contribution in [-0.4, -0.2) is 25.3 Å². The van der Waals surface area contributed by atoms with Gasteiger partial charge < -0.3 is 14.2 Å². The van der Waals surface area contributed by atoms with Crippen LogP contribution in [0.25, 0.3) is 0 Å². The Labute approximate surface area is 186 Å². The van der Waals surface area contributed by atoms with Crippen LogP contribution in [0.3, 0.4) is 0 Å². The van der Waals surface area contributed by atoms with E-state index in [9.17, 15) is 4.79 Å². The lowest BCUT2D eigenvalue weighted by Crippen LogP contribution is -2.33. The highest BCUT2D eigenvalue weighted by atomic mass is 16.5. The third-order valence-electron chi connectivity index (χ3n) is 4.48. The molecule has 1 amide bonds. The Bertz CT molecular complexity index is 1110. The van der Waals surface area contributed by atoms with E-state index in [1.54, 1.807) is 56.5 Å². The Kier molecular flexibility index (Phi) is 7.82. The van der Waals surface area contributed by atoms with Crippen molar-refractivity contribution in [3.63, 3.8) is 0 Å². The van der Waals surface area contributed by atoms with E-state index in [0.717, 1.165) is 11.1 Å². The molecule has 1 N–H and O–H groups in total. The first-order valence-electron chi connectivity index (χ1n) is 9.93. The molecule has 0 saturated carbocycles. The molecule has 0 aliphatic carbocycles. The van der Waals surface area contributed by atoms with Gasteiger partial charge in [0.2, 0.25) is 0 Å². The maximum Gasteiger partial charge on any atom is 0.280 e. The van der Waals surface area contributed by atoms with Crippen LogP contribution in [0.1, 0.15) is 23.6 Å². The van der Waals surface area contributed by atoms with E-state index in [0.29, 0.717) is 29.4 Å². The Hall–Kier alpha value is -4.31. The molecule has 0 aliphatic heterocycles. The molecule has 0 bridgehead atoms. The summed E-state index contributed by atoms with van der Waals surface area (Å²) in [6, 6.07) is 23.7. The highest BCUT2D eigenvalue weighted by Crippen LogP contribution is 2.28. The van der Waals surface area contributed by atoms with Gasteiger partial charge in [0.15, 0.2) is 17.6 Å². The van der Waals surface area contributed by atoms with Gasteiger partial charge in [-0.3, -0.25) is 4.79 Å². The van der Waals surface area contributed by atoms with E-state index in [4.69, 9.17) is 19.5 Å². The second-order valence-electron chi connectivity index (χ2n) is 6.82. The molecule has 0 aliphatic rings. The van der Waals surface area contributed by atoms with Crippen molar-refractivity contribution in [2.24, 2.45) is 5.10 Å². The predicted octanol–water partition coefficient (Wildman–Crippen LogP) is 4.06. The Morgan fingerprint density at radius 2 is 1.84 bits per heavy atom. The zero-order valence-electron chi connectivity index (χ0n) is 17.8. The van der Waals surface area contributed by atoms with Gasteiger partial charge in [-0.1, -0.05) is 30.3 Å². The number of benzene rings is 3. The minimum Gasteiger partial charge on any atom is -0.493 e. The van der Waals surface area contributed by atoms with Crippen LogP contribution in [0.5, 0.6) is 17.2 Å². The minimum atomic E-state index is -0.763. The number of amides is 1. The van der Waals surface area contributed by atoms with Gasteiger partial charge >= 0.3 is 0 Å². The van der Waals surface area contributed by atoms with Crippen molar-refractivity contribution in [1.82, 2.24) is 5.43 Å². The third-order valence-corrected chi connectivity index (χ3v) is 4.48. The van der Waals surface area contributed by atoms with E-state index >= 15 is 0 Å². The van der Waals surface area contributed by atoms with E-state index in [-0.39, 0.29) is 0 Å². The molecule has 7 heteroatoms. The summed E-state index contributed by atoms with van der Waals surface area (Å²) < 4.78 is 16.8. The number of hydrogen-bond acceptors (Lipinski definition) is 6. The van der Waals surface area contributed by atoms with E-state index in [2.05, 4.69) is 10.5 Å². The molecule has 0 radical (unpaired) electrons. The molecule has 1 atom stereocenters. The SMILES string of the molecule is COc1ccc(/C=N/NC(=O)C(C)Oc2ccc(C#N)cc2)cc1OCc1ccccc1. The summed E-state index contributed by atoms with van der Waals surface area (Å²) in [6.07, 6.45) is 0.752. The number of carbonyl (C=O) groups is 1. The molecule has 0 spiro atoms. The molecule has 7 nitrogen and oxygen atoms in total. The van der Waals surface area contributed by atoms with Crippen molar-refractivity contribution in [1.29, 1.82) is 5.26 Å². The molecule has 0 saturated heterocycles. The van der Waals surface area contributed by atoms with Crippen molar-refractivity contribution in [3.05, 3.63) is 89.5 Å². The van der Waals surface area contributed by atoms with Crippen LogP contribution in [0.2, 0.25) is 0 Å². The van der Waals surface area contributed by atoms with Gasteiger partial charge in [-0.15, -0.1) is 0 Å². The first kappa shape index (κ1) is 22.4. The lowest BCUT2D eigenvalue weighted by Gasteiger charge is -2.13. The van der Waals surface area contributed by atoms with Crippen LogP contribution in [0.15, 0.2) is 77.9 Å². The number of rotatable bonds is 9. The van der Waals surface area contributed by atoms with Crippen molar-refractivity contribution < 1.29 is 19.0 Å². The highest BCUT2D eigenvalue weighted by molar-refractivity contribution is 5.84. The molecule has 3 aromatic rings. The summed E-state index contributed by atoms with van der Waals surface area (Å²) in [5.41, 5.74) is 4.75. The highest BCUT2D eigenvalue weighted by Gasteiger charge is 2.14. The maximum atomic E-state index is 12.2. The molecule has 162 valence electrons. The van der Waals surface area contributed by atoms with Crippen LogP contribution < -0.4 is 19.6 Å². The van der Waals surface area contributed by atoms with Gasteiger partial charge in [-0.2, -0.15) is 10.4 Å². The lowest BCUT2D eigenvalue weighted by atomic mass is 10.2. The number of nitrogens with one attached hydrogen (secondary N) is 1. The maximum absolute atomic E-state index is 12.2. The first-order chi connectivity index (χ1) is 15.6. The monoisotopic (exact) mass is 429 g/mol. The van der Waals surface area contributed by atoms with Gasteiger partial charge in [0.1, 0.15) is 12.4 Å². The van der Waals surface area contributed by atoms with Crippen molar-refractivity contribution in [2.75, 3.05) is 7.11 Å². The second-order valence-corrected chi connectivity index (χ2v) is 6.82. The molecule has 0 fully saturated rings.